The second-order valence-electron chi connectivity index (χ2n) is 7.73. The number of aliphatic carboxylic acids is 1. The highest BCUT2D eigenvalue weighted by Gasteiger charge is 2.41. The quantitative estimate of drug-likeness (QED) is 0.397. The number of carboxylic acids is 1. The number of fused-ring (bicyclic) bond motifs is 1. The molecule has 1 aromatic heterocycles. The van der Waals surface area contributed by atoms with Crippen LogP contribution in [0.5, 0.6) is 0 Å². The number of allylic oxidation sites excluding steroid dienone is 2. The van der Waals surface area contributed by atoms with Gasteiger partial charge in [0.1, 0.15) is 12.0 Å². The van der Waals surface area contributed by atoms with Gasteiger partial charge in [0, 0.05) is 34.3 Å². The maximum Gasteiger partial charge on any atom is 0.303 e. The van der Waals surface area contributed by atoms with Gasteiger partial charge in [0.05, 0.1) is 6.10 Å². The van der Waals surface area contributed by atoms with Crippen molar-refractivity contribution in [1.82, 2.24) is 0 Å². The first-order valence-corrected chi connectivity index (χ1v) is 11.0. The molecule has 2 aromatic rings. The van der Waals surface area contributed by atoms with Gasteiger partial charge in [0.25, 0.3) is 0 Å². The summed E-state index contributed by atoms with van der Waals surface area (Å²) in [5.41, 5.74) is 0. The number of carbonyl (C=O) groups excluding carboxylic acids is 1. The zero-order chi connectivity index (χ0) is 20.8. The molecular formula is C23H27FO4S. The fourth-order valence-corrected chi connectivity index (χ4v) is 5.15. The number of hydrogen-bond acceptors (Lipinski definition) is 4. The van der Waals surface area contributed by atoms with E-state index in [1.165, 1.54) is 0 Å². The Labute approximate surface area is 174 Å². The number of alkyl halides is 1. The van der Waals surface area contributed by atoms with E-state index in [-0.39, 0.29) is 30.5 Å². The number of unbranched alkanes of at least 4 members (excludes halogenated alkanes) is 1. The van der Waals surface area contributed by atoms with Crippen LogP contribution in [0.15, 0.2) is 42.5 Å². The maximum absolute atomic E-state index is 14.4. The zero-order valence-corrected chi connectivity index (χ0v) is 17.1. The molecule has 4 atom stereocenters. The Morgan fingerprint density at radius 1 is 1.31 bits per heavy atom. The number of carbonyl (C=O) groups is 2. The lowest BCUT2D eigenvalue weighted by molar-refractivity contribution is -0.137. The molecule has 0 amide bonds. The third-order valence-corrected chi connectivity index (χ3v) is 6.87. The van der Waals surface area contributed by atoms with E-state index in [1.807, 2.05) is 42.5 Å². The molecule has 0 bridgehead atoms. The smallest absolute Gasteiger partial charge is 0.303 e. The molecule has 4 nitrogen and oxygen atoms in total. The molecule has 1 fully saturated rings. The summed E-state index contributed by atoms with van der Waals surface area (Å²) in [6.07, 6.45) is 4.62. The van der Waals surface area contributed by atoms with Gasteiger partial charge in [0.2, 0.25) is 0 Å². The number of hydrogen-bond donors (Lipinski definition) is 2. The minimum Gasteiger partial charge on any atom is -0.481 e. The highest BCUT2D eigenvalue weighted by atomic mass is 32.1. The molecule has 0 aliphatic heterocycles. The first-order chi connectivity index (χ1) is 14.0. The highest BCUT2D eigenvalue weighted by Crippen LogP contribution is 2.39. The van der Waals surface area contributed by atoms with Crippen LogP contribution in [0.25, 0.3) is 10.1 Å². The van der Waals surface area contributed by atoms with Gasteiger partial charge in [-0.2, -0.15) is 0 Å². The summed E-state index contributed by atoms with van der Waals surface area (Å²) in [6, 6.07) is 9.94. The van der Waals surface area contributed by atoms with Crippen molar-refractivity contribution in [2.45, 2.75) is 57.2 Å². The number of thiophene rings is 1. The monoisotopic (exact) mass is 418 g/mol. The number of benzene rings is 1. The minimum atomic E-state index is -1.14. The van der Waals surface area contributed by atoms with Gasteiger partial charge < -0.3 is 10.2 Å². The number of aliphatic hydroxyl groups excluding tert-OH is 1. The van der Waals surface area contributed by atoms with E-state index >= 15 is 0 Å². The summed E-state index contributed by atoms with van der Waals surface area (Å²) in [5.74, 6) is -1.59. The third kappa shape index (κ3) is 5.73. The van der Waals surface area contributed by atoms with Crippen molar-refractivity contribution >= 4 is 33.2 Å². The molecule has 29 heavy (non-hydrogen) atoms. The Balaban J connectivity index is 1.53. The molecule has 0 radical (unpaired) electrons. The van der Waals surface area contributed by atoms with Gasteiger partial charge in [-0.25, -0.2) is 4.39 Å². The molecule has 0 spiro atoms. The molecule has 1 saturated carbocycles. The van der Waals surface area contributed by atoms with E-state index in [0.717, 1.165) is 15.0 Å². The van der Waals surface area contributed by atoms with E-state index in [0.29, 0.717) is 32.1 Å². The Morgan fingerprint density at radius 2 is 2.10 bits per heavy atom. The second kappa shape index (κ2) is 10.1. The van der Waals surface area contributed by atoms with E-state index < -0.39 is 18.2 Å². The molecule has 1 unspecified atom stereocenters. The van der Waals surface area contributed by atoms with Crippen LogP contribution >= 0.6 is 11.3 Å². The van der Waals surface area contributed by atoms with Crippen LogP contribution in [0.4, 0.5) is 4.39 Å². The number of aliphatic hydroxyl groups is 1. The van der Waals surface area contributed by atoms with Crippen molar-refractivity contribution in [3.63, 3.8) is 0 Å². The number of ketones is 1. The molecule has 156 valence electrons. The second-order valence-corrected chi connectivity index (χ2v) is 8.84. The zero-order valence-electron chi connectivity index (χ0n) is 16.3. The SMILES string of the molecule is O=C(O)CCCC=CC[C@H]1[C@H](F)CC(=O)[C@@H]1CCC(O)c1cc2ccccc2s1. The molecule has 2 N–H and O–H groups in total. The average molecular weight is 419 g/mol. The van der Waals surface area contributed by atoms with Crippen LogP contribution < -0.4 is 0 Å². The van der Waals surface area contributed by atoms with Crippen molar-refractivity contribution < 1.29 is 24.2 Å². The van der Waals surface area contributed by atoms with E-state index in [4.69, 9.17) is 5.11 Å². The van der Waals surface area contributed by atoms with Crippen LogP contribution in [-0.2, 0) is 9.59 Å². The van der Waals surface area contributed by atoms with Crippen molar-refractivity contribution in [3.05, 3.63) is 47.4 Å². The molecule has 1 aromatic carbocycles. The number of Topliss-reactive ketones (excluding diaryl/α,β-unsaturated/α-hetero) is 1. The van der Waals surface area contributed by atoms with E-state index in [2.05, 4.69) is 0 Å². The molecule has 1 aliphatic carbocycles. The standard InChI is InChI=1S/C23H27FO4S/c24-18-14-20(26)17(16(18)8-3-1-2-4-10-23(27)28)11-12-19(25)22-13-15-7-5-6-9-21(15)29-22/h1,3,5-7,9,13,16-19,25H,2,4,8,10-12,14H2,(H,27,28)/t16-,17-,18-,19?/m1/s1. The van der Waals surface area contributed by atoms with Crippen LogP contribution in [-0.4, -0.2) is 28.1 Å². The highest BCUT2D eigenvalue weighted by molar-refractivity contribution is 7.19. The normalized spacial score (nSPS) is 23.2. The fourth-order valence-electron chi connectivity index (χ4n) is 4.06. The van der Waals surface area contributed by atoms with Crippen molar-refractivity contribution in [1.29, 1.82) is 0 Å². The van der Waals surface area contributed by atoms with Crippen molar-refractivity contribution in [2.75, 3.05) is 0 Å². The Kier molecular flexibility index (Phi) is 7.56. The van der Waals surface area contributed by atoms with Gasteiger partial charge in [0.15, 0.2) is 0 Å². The first-order valence-electron chi connectivity index (χ1n) is 10.2. The van der Waals surface area contributed by atoms with Crippen LogP contribution in [0.3, 0.4) is 0 Å². The minimum absolute atomic E-state index is 0.0405. The third-order valence-electron chi connectivity index (χ3n) is 5.65. The summed E-state index contributed by atoms with van der Waals surface area (Å²) in [5, 5.41) is 20.3. The predicted molar refractivity (Wildman–Crippen MR) is 113 cm³/mol. The summed E-state index contributed by atoms with van der Waals surface area (Å²) in [7, 11) is 0. The Bertz CT molecular complexity index is 842. The van der Waals surface area contributed by atoms with Crippen LogP contribution in [0, 0.1) is 11.8 Å². The lowest BCUT2D eigenvalue weighted by Crippen LogP contribution is -2.18. The number of carboxylic acid groups (broad SMARTS) is 1. The number of halogens is 1. The van der Waals surface area contributed by atoms with E-state index in [1.54, 1.807) is 11.3 Å². The Morgan fingerprint density at radius 3 is 2.86 bits per heavy atom. The number of rotatable bonds is 10. The largest absolute Gasteiger partial charge is 0.481 e. The van der Waals surface area contributed by atoms with Gasteiger partial charge >= 0.3 is 5.97 Å². The van der Waals surface area contributed by atoms with Crippen LogP contribution in [0.1, 0.15) is 55.9 Å². The molecule has 6 heteroatoms. The summed E-state index contributed by atoms with van der Waals surface area (Å²) in [6.45, 7) is 0. The molecule has 1 aliphatic rings. The molecular weight excluding hydrogens is 391 g/mol. The fraction of sp³-hybridized carbons (Fsp3) is 0.478. The van der Waals surface area contributed by atoms with Gasteiger partial charge in [-0.3, -0.25) is 9.59 Å². The average Bonchev–Trinajstić information content (AvgIpc) is 3.23. The molecule has 3 rings (SSSR count). The molecule has 0 saturated heterocycles. The summed E-state index contributed by atoms with van der Waals surface area (Å²) in [4.78, 5) is 23.7. The van der Waals surface area contributed by atoms with E-state index in [9.17, 15) is 19.1 Å². The van der Waals surface area contributed by atoms with Crippen molar-refractivity contribution in [3.8, 4) is 0 Å². The lowest BCUT2D eigenvalue weighted by atomic mass is 9.87. The Hall–Kier alpha value is -2.05. The lowest BCUT2D eigenvalue weighted by Gasteiger charge is -2.19. The van der Waals surface area contributed by atoms with Gasteiger partial charge in [-0.1, -0.05) is 30.4 Å². The maximum atomic E-state index is 14.4. The topological polar surface area (TPSA) is 74.6 Å². The summed E-state index contributed by atoms with van der Waals surface area (Å²) < 4.78 is 15.5. The van der Waals surface area contributed by atoms with Crippen LogP contribution in [0.2, 0.25) is 0 Å². The first kappa shape index (κ1) is 21.7. The predicted octanol–water partition coefficient (Wildman–Crippen LogP) is 5.46. The van der Waals surface area contributed by atoms with Crippen molar-refractivity contribution in [2.24, 2.45) is 11.8 Å². The van der Waals surface area contributed by atoms with Gasteiger partial charge in [-0.15, -0.1) is 11.3 Å². The molecule has 1 heterocycles. The summed E-state index contributed by atoms with van der Waals surface area (Å²) >= 11 is 1.55. The van der Waals surface area contributed by atoms with Gasteiger partial charge in [-0.05, 0) is 49.6 Å².